The summed E-state index contributed by atoms with van der Waals surface area (Å²) in [7, 11) is 0. The number of anilines is 1. The SMILES string of the molecule is Nc1ccc(C(=O)OCC(=O)N2CCCCCC2)c(F)c1. The number of halogens is 1. The number of hydrogen-bond acceptors (Lipinski definition) is 4. The van der Waals surface area contributed by atoms with E-state index in [1.54, 1.807) is 4.90 Å². The van der Waals surface area contributed by atoms with Gasteiger partial charge in [-0.3, -0.25) is 4.79 Å². The van der Waals surface area contributed by atoms with Crippen LogP contribution in [0.5, 0.6) is 0 Å². The highest BCUT2D eigenvalue weighted by Crippen LogP contribution is 2.13. The maximum absolute atomic E-state index is 13.6. The van der Waals surface area contributed by atoms with E-state index in [4.69, 9.17) is 10.5 Å². The predicted octanol–water partition coefficient (Wildman–Crippen LogP) is 1.97. The molecule has 0 spiro atoms. The van der Waals surface area contributed by atoms with Crippen LogP contribution in [0.1, 0.15) is 36.0 Å². The molecule has 0 radical (unpaired) electrons. The van der Waals surface area contributed by atoms with Gasteiger partial charge < -0.3 is 15.4 Å². The molecule has 21 heavy (non-hydrogen) atoms. The molecule has 5 nitrogen and oxygen atoms in total. The Morgan fingerprint density at radius 3 is 2.48 bits per heavy atom. The van der Waals surface area contributed by atoms with Gasteiger partial charge in [0.1, 0.15) is 5.82 Å². The number of nitrogens with zero attached hydrogens (tertiary/aromatic N) is 1. The van der Waals surface area contributed by atoms with E-state index in [-0.39, 0.29) is 23.8 Å². The molecule has 1 saturated heterocycles. The quantitative estimate of drug-likeness (QED) is 0.683. The van der Waals surface area contributed by atoms with Crippen molar-refractivity contribution in [2.75, 3.05) is 25.4 Å². The van der Waals surface area contributed by atoms with Crippen molar-refractivity contribution in [3.63, 3.8) is 0 Å². The minimum atomic E-state index is -0.851. The molecule has 6 heteroatoms. The van der Waals surface area contributed by atoms with Crippen molar-refractivity contribution in [1.29, 1.82) is 0 Å². The van der Waals surface area contributed by atoms with E-state index >= 15 is 0 Å². The van der Waals surface area contributed by atoms with Crippen LogP contribution in [0.3, 0.4) is 0 Å². The van der Waals surface area contributed by atoms with Crippen LogP contribution in [0.4, 0.5) is 10.1 Å². The summed E-state index contributed by atoms with van der Waals surface area (Å²) in [5, 5.41) is 0. The third-order valence-corrected chi connectivity index (χ3v) is 3.50. The minimum Gasteiger partial charge on any atom is -0.452 e. The van der Waals surface area contributed by atoms with Crippen LogP contribution >= 0.6 is 0 Å². The van der Waals surface area contributed by atoms with Gasteiger partial charge in [-0.25, -0.2) is 9.18 Å². The second-order valence-corrected chi connectivity index (χ2v) is 5.11. The minimum absolute atomic E-state index is 0.215. The van der Waals surface area contributed by atoms with Gasteiger partial charge in [0.25, 0.3) is 5.91 Å². The van der Waals surface area contributed by atoms with E-state index in [1.165, 1.54) is 12.1 Å². The van der Waals surface area contributed by atoms with Crippen LogP contribution in [-0.2, 0) is 9.53 Å². The first-order valence-corrected chi connectivity index (χ1v) is 7.08. The van der Waals surface area contributed by atoms with Gasteiger partial charge in [0.15, 0.2) is 6.61 Å². The molecular weight excluding hydrogens is 275 g/mol. The Bertz CT molecular complexity index is 526. The monoisotopic (exact) mass is 294 g/mol. The first kappa shape index (κ1) is 15.3. The first-order valence-electron chi connectivity index (χ1n) is 7.08. The molecule has 1 aliphatic rings. The third-order valence-electron chi connectivity index (χ3n) is 3.50. The van der Waals surface area contributed by atoms with Gasteiger partial charge in [0.05, 0.1) is 5.56 Å². The van der Waals surface area contributed by atoms with Gasteiger partial charge in [0, 0.05) is 18.8 Å². The summed E-state index contributed by atoms with van der Waals surface area (Å²) in [6.45, 7) is 1.02. The highest BCUT2D eigenvalue weighted by atomic mass is 19.1. The summed E-state index contributed by atoms with van der Waals surface area (Å²) >= 11 is 0. The van der Waals surface area contributed by atoms with Crippen LogP contribution < -0.4 is 5.73 Å². The molecule has 0 aliphatic carbocycles. The van der Waals surface area contributed by atoms with Crippen LogP contribution in [0.2, 0.25) is 0 Å². The highest BCUT2D eigenvalue weighted by Gasteiger charge is 2.19. The number of rotatable bonds is 3. The van der Waals surface area contributed by atoms with Gasteiger partial charge in [0.2, 0.25) is 0 Å². The van der Waals surface area contributed by atoms with Crippen LogP contribution in [-0.4, -0.2) is 36.5 Å². The summed E-state index contributed by atoms with van der Waals surface area (Å²) in [5.74, 6) is -1.83. The predicted molar refractivity (Wildman–Crippen MR) is 76.1 cm³/mol. The standard InChI is InChI=1S/C15H19FN2O3/c16-13-9-11(17)5-6-12(13)15(20)21-10-14(19)18-7-3-1-2-4-8-18/h5-6,9H,1-4,7-8,10,17H2. The lowest BCUT2D eigenvalue weighted by molar-refractivity contribution is -0.134. The molecule has 0 saturated carbocycles. The lowest BCUT2D eigenvalue weighted by Crippen LogP contribution is -2.35. The number of amides is 1. The molecule has 2 rings (SSSR count). The fourth-order valence-corrected chi connectivity index (χ4v) is 2.31. The highest BCUT2D eigenvalue weighted by molar-refractivity contribution is 5.91. The van der Waals surface area contributed by atoms with E-state index < -0.39 is 11.8 Å². The topological polar surface area (TPSA) is 72.6 Å². The Kier molecular flexibility index (Phi) is 5.14. The van der Waals surface area contributed by atoms with Gasteiger partial charge in [-0.2, -0.15) is 0 Å². The van der Waals surface area contributed by atoms with Crippen molar-refractivity contribution in [2.24, 2.45) is 0 Å². The number of carbonyl (C=O) groups is 2. The third kappa shape index (κ3) is 4.18. The van der Waals surface area contributed by atoms with Gasteiger partial charge in [-0.1, -0.05) is 12.8 Å². The Labute approximate surface area is 122 Å². The maximum Gasteiger partial charge on any atom is 0.341 e. The van der Waals surface area contributed by atoms with Crippen molar-refractivity contribution in [2.45, 2.75) is 25.7 Å². The number of benzene rings is 1. The van der Waals surface area contributed by atoms with Crippen molar-refractivity contribution in [3.05, 3.63) is 29.6 Å². The summed E-state index contributed by atoms with van der Waals surface area (Å²) in [5.41, 5.74) is 5.42. The van der Waals surface area contributed by atoms with E-state index in [2.05, 4.69) is 0 Å². The number of likely N-dealkylation sites (tertiary alicyclic amines) is 1. The van der Waals surface area contributed by atoms with Crippen LogP contribution in [0.15, 0.2) is 18.2 Å². The van der Waals surface area contributed by atoms with Gasteiger partial charge in [-0.05, 0) is 31.0 Å². The molecule has 0 bridgehead atoms. The summed E-state index contributed by atoms with van der Waals surface area (Å²) < 4.78 is 18.5. The summed E-state index contributed by atoms with van der Waals surface area (Å²) in [4.78, 5) is 25.4. The average molecular weight is 294 g/mol. The molecule has 1 aromatic carbocycles. The lowest BCUT2D eigenvalue weighted by atomic mass is 10.2. The lowest BCUT2D eigenvalue weighted by Gasteiger charge is -2.19. The number of nitrogens with two attached hydrogens (primary N) is 1. The maximum atomic E-state index is 13.6. The molecule has 114 valence electrons. The number of carbonyl (C=O) groups excluding carboxylic acids is 2. The fraction of sp³-hybridized carbons (Fsp3) is 0.467. The number of nitrogen functional groups attached to an aromatic ring is 1. The second-order valence-electron chi connectivity index (χ2n) is 5.11. The second kappa shape index (κ2) is 7.06. The smallest absolute Gasteiger partial charge is 0.341 e. The number of ether oxygens (including phenoxy) is 1. The zero-order valence-corrected chi connectivity index (χ0v) is 11.8. The molecule has 0 aromatic heterocycles. The summed E-state index contributed by atoms with van der Waals surface area (Å²) in [6, 6.07) is 3.72. The van der Waals surface area contributed by atoms with Crippen LogP contribution in [0, 0.1) is 5.82 Å². The Morgan fingerprint density at radius 2 is 1.86 bits per heavy atom. The van der Waals surface area contributed by atoms with Gasteiger partial charge in [-0.15, -0.1) is 0 Å². The molecule has 0 unspecified atom stereocenters. The largest absolute Gasteiger partial charge is 0.452 e. The normalized spacial score (nSPS) is 15.4. The summed E-state index contributed by atoms with van der Waals surface area (Å²) in [6.07, 6.45) is 4.15. The molecule has 1 heterocycles. The number of hydrogen-bond donors (Lipinski definition) is 1. The van der Waals surface area contributed by atoms with Crippen molar-refractivity contribution >= 4 is 17.6 Å². The molecule has 1 amide bonds. The van der Waals surface area contributed by atoms with E-state index in [0.717, 1.165) is 31.7 Å². The first-order chi connectivity index (χ1) is 10.1. The fourth-order valence-electron chi connectivity index (χ4n) is 2.31. The molecule has 1 fully saturated rings. The van der Waals surface area contributed by atoms with E-state index in [0.29, 0.717) is 13.1 Å². The zero-order valence-electron chi connectivity index (χ0n) is 11.8. The molecule has 1 aliphatic heterocycles. The van der Waals surface area contributed by atoms with Crippen molar-refractivity contribution < 1.29 is 18.7 Å². The van der Waals surface area contributed by atoms with Crippen molar-refractivity contribution in [1.82, 2.24) is 4.90 Å². The average Bonchev–Trinajstić information content (AvgIpc) is 2.73. The molecule has 2 N–H and O–H groups in total. The zero-order chi connectivity index (χ0) is 15.2. The van der Waals surface area contributed by atoms with Crippen LogP contribution in [0.25, 0.3) is 0 Å². The van der Waals surface area contributed by atoms with Crippen molar-refractivity contribution in [3.8, 4) is 0 Å². The van der Waals surface area contributed by atoms with E-state index in [9.17, 15) is 14.0 Å². The molecular formula is C15H19FN2O3. The molecule has 0 atom stereocenters. The Hall–Kier alpha value is -2.11. The molecule has 1 aromatic rings. The number of esters is 1. The van der Waals surface area contributed by atoms with E-state index in [1.807, 2.05) is 0 Å². The Balaban J connectivity index is 1.89. The van der Waals surface area contributed by atoms with Gasteiger partial charge >= 0.3 is 5.97 Å². The Morgan fingerprint density at radius 1 is 1.19 bits per heavy atom.